The number of imidazole rings is 1. The summed E-state index contributed by atoms with van der Waals surface area (Å²) >= 11 is 0. The quantitative estimate of drug-likeness (QED) is 0.198. The number of aryl methyl sites for hydroxylation is 1. The van der Waals surface area contributed by atoms with Crippen molar-refractivity contribution in [3.8, 4) is 34.0 Å². The Kier molecular flexibility index (Phi) is 6.06. The van der Waals surface area contributed by atoms with Crippen molar-refractivity contribution in [2.75, 3.05) is 0 Å². The van der Waals surface area contributed by atoms with Crippen molar-refractivity contribution in [3.05, 3.63) is 156 Å². The molecule has 6 aromatic carbocycles. The number of hydrogen-bond acceptors (Lipinski definition) is 2. The largest absolute Gasteiger partial charge is 0.354 e. The van der Waals surface area contributed by atoms with Gasteiger partial charge in [-0.25, -0.2) is 9.97 Å². The molecule has 0 aliphatic carbocycles. The van der Waals surface area contributed by atoms with Crippen LogP contribution in [0.25, 0.3) is 88.7 Å². The highest BCUT2D eigenvalue weighted by atomic mass is 15.1. The van der Waals surface area contributed by atoms with Crippen molar-refractivity contribution in [1.29, 1.82) is 0 Å². The fourth-order valence-corrected chi connectivity index (χ4v) is 8.22. The number of pyridine rings is 1. The number of para-hydroxylation sites is 4. The van der Waals surface area contributed by atoms with Gasteiger partial charge in [0.05, 0.1) is 27.6 Å². The first-order valence-electron chi connectivity index (χ1n) is 19.3. The van der Waals surface area contributed by atoms with Crippen LogP contribution in [-0.4, -0.2) is 24.1 Å². The molecule has 0 saturated carbocycles. The summed E-state index contributed by atoms with van der Waals surface area (Å²) in [5, 5.41) is 4.19. The van der Waals surface area contributed by atoms with Gasteiger partial charge in [-0.05, 0) is 91.0 Å². The van der Waals surface area contributed by atoms with Gasteiger partial charge in [0, 0.05) is 54.2 Å². The highest BCUT2D eigenvalue weighted by Crippen LogP contribution is 2.41. The Labute approximate surface area is 306 Å². The number of nitrogens with zero attached hydrogens (tertiary/aromatic N) is 4. The molecule has 0 fully saturated rings. The summed E-state index contributed by atoms with van der Waals surface area (Å²) in [5.74, 6) is 2.11. The van der Waals surface area contributed by atoms with E-state index in [1.807, 2.05) is 42.6 Å². The summed E-state index contributed by atoms with van der Waals surface area (Å²) in [5.41, 5.74) is 12.7. The SMILES string of the molecule is [2H]C([2H])([2H])c1ccc2[nH]c3c(-c4nc5c(-c6ccc7c8ccccc8n(-c8nccc(C(C)C)c8C)c7c6)cccc5n4-c4ccccc4)cccc3c2c1. The summed E-state index contributed by atoms with van der Waals surface area (Å²) in [6, 6.07) is 45.7. The van der Waals surface area contributed by atoms with Crippen LogP contribution >= 0.6 is 0 Å². The number of aromatic nitrogens is 5. The van der Waals surface area contributed by atoms with Crippen molar-refractivity contribution in [2.24, 2.45) is 0 Å². The van der Waals surface area contributed by atoms with Crippen LogP contribution in [0.1, 0.15) is 40.6 Å². The molecule has 0 saturated heterocycles. The van der Waals surface area contributed by atoms with Crippen LogP contribution in [0.5, 0.6) is 0 Å². The Balaban J connectivity index is 1.23. The molecule has 5 heteroatoms. The van der Waals surface area contributed by atoms with Gasteiger partial charge in [0.1, 0.15) is 11.6 Å². The lowest BCUT2D eigenvalue weighted by atomic mass is 9.99. The van der Waals surface area contributed by atoms with E-state index in [1.165, 1.54) is 21.9 Å². The van der Waals surface area contributed by atoms with Gasteiger partial charge < -0.3 is 4.98 Å². The zero-order valence-electron chi connectivity index (χ0n) is 32.1. The van der Waals surface area contributed by atoms with Crippen molar-refractivity contribution in [2.45, 2.75) is 33.5 Å². The molecule has 0 atom stereocenters. The second-order valence-electron chi connectivity index (χ2n) is 14.0. The van der Waals surface area contributed by atoms with Crippen LogP contribution in [0.2, 0.25) is 0 Å². The van der Waals surface area contributed by atoms with E-state index in [4.69, 9.17) is 14.1 Å². The fraction of sp³-hybridized carbons (Fsp3) is 0.106. The van der Waals surface area contributed by atoms with E-state index in [0.717, 1.165) is 77.9 Å². The van der Waals surface area contributed by atoms with E-state index in [2.05, 4.69) is 120 Å². The van der Waals surface area contributed by atoms with Gasteiger partial charge in [-0.2, -0.15) is 0 Å². The number of rotatable bonds is 5. The van der Waals surface area contributed by atoms with Crippen molar-refractivity contribution < 1.29 is 4.11 Å². The molecule has 5 nitrogen and oxygen atoms in total. The summed E-state index contributed by atoms with van der Waals surface area (Å²) in [6.45, 7) is 4.45. The van der Waals surface area contributed by atoms with Crippen molar-refractivity contribution in [3.63, 3.8) is 0 Å². The molecular formula is C47H37N5. The molecule has 10 rings (SSSR count). The minimum absolute atomic E-state index is 0.321. The minimum atomic E-state index is -2.20. The lowest BCUT2D eigenvalue weighted by molar-refractivity contribution is 0.845. The summed E-state index contributed by atoms with van der Waals surface area (Å²) < 4.78 is 28.6. The number of benzene rings is 6. The third-order valence-electron chi connectivity index (χ3n) is 10.6. The van der Waals surface area contributed by atoms with Crippen LogP contribution in [0.4, 0.5) is 0 Å². The molecule has 0 spiro atoms. The lowest BCUT2D eigenvalue weighted by Crippen LogP contribution is -2.04. The van der Waals surface area contributed by atoms with Crippen LogP contribution in [0.3, 0.4) is 0 Å². The predicted molar refractivity (Wildman–Crippen MR) is 217 cm³/mol. The molecule has 4 heterocycles. The Morgan fingerprint density at radius 1 is 0.654 bits per heavy atom. The van der Waals surface area contributed by atoms with Gasteiger partial charge in [0.15, 0.2) is 0 Å². The molecule has 0 aliphatic rings. The Morgan fingerprint density at radius 2 is 1.42 bits per heavy atom. The minimum Gasteiger partial charge on any atom is -0.354 e. The van der Waals surface area contributed by atoms with Gasteiger partial charge in [0.2, 0.25) is 0 Å². The summed E-state index contributed by atoms with van der Waals surface area (Å²) in [4.78, 5) is 14.1. The molecule has 250 valence electrons. The second-order valence-corrected chi connectivity index (χ2v) is 14.0. The Hall–Kier alpha value is -6.46. The predicted octanol–water partition coefficient (Wildman–Crippen LogP) is 12.2. The summed E-state index contributed by atoms with van der Waals surface area (Å²) in [6.07, 6.45) is 1.93. The number of nitrogens with one attached hydrogen (secondary N) is 1. The highest BCUT2D eigenvalue weighted by molar-refractivity contribution is 6.13. The Bertz CT molecular complexity index is 3130. The van der Waals surface area contributed by atoms with Crippen LogP contribution in [-0.2, 0) is 0 Å². The fourth-order valence-electron chi connectivity index (χ4n) is 8.22. The molecule has 52 heavy (non-hydrogen) atoms. The first-order valence-corrected chi connectivity index (χ1v) is 17.8. The topological polar surface area (TPSA) is 51.4 Å². The van der Waals surface area contributed by atoms with E-state index >= 15 is 0 Å². The number of aromatic amines is 1. The third kappa shape index (κ3) is 4.49. The van der Waals surface area contributed by atoms with Gasteiger partial charge in [-0.15, -0.1) is 0 Å². The number of fused-ring (bicyclic) bond motifs is 7. The lowest BCUT2D eigenvalue weighted by Gasteiger charge is -2.16. The second kappa shape index (κ2) is 11.5. The van der Waals surface area contributed by atoms with Gasteiger partial charge in [-0.1, -0.05) is 98.3 Å². The molecule has 0 radical (unpaired) electrons. The van der Waals surface area contributed by atoms with Gasteiger partial charge in [-0.3, -0.25) is 9.13 Å². The van der Waals surface area contributed by atoms with Crippen molar-refractivity contribution in [1.82, 2.24) is 24.1 Å². The Morgan fingerprint density at radius 3 is 2.29 bits per heavy atom. The normalized spacial score (nSPS) is 13.1. The zero-order valence-corrected chi connectivity index (χ0v) is 29.1. The molecule has 0 aliphatic heterocycles. The highest BCUT2D eigenvalue weighted by Gasteiger charge is 2.22. The van der Waals surface area contributed by atoms with Crippen molar-refractivity contribution >= 4 is 54.6 Å². The molecular weight excluding hydrogens is 635 g/mol. The van der Waals surface area contributed by atoms with E-state index in [0.29, 0.717) is 11.5 Å². The van der Waals surface area contributed by atoms with E-state index in [9.17, 15) is 0 Å². The van der Waals surface area contributed by atoms with Crippen LogP contribution in [0.15, 0.2) is 140 Å². The van der Waals surface area contributed by atoms with Crippen LogP contribution < -0.4 is 0 Å². The third-order valence-corrected chi connectivity index (χ3v) is 10.6. The molecule has 0 unspecified atom stereocenters. The average molecular weight is 675 g/mol. The van der Waals surface area contributed by atoms with E-state index in [-0.39, 0.29) is 0 Å². The first-order chi connectivity index (χ1) is 26.7. The standard InChI is InChI=1S/C47H37N5/c1-28(2)33-24-25-48-46(30(33)4)52-41-18-9-8-14-35(41)36-22-21-31(27-43(36)52)34-15-11-19-42-45(34)50-47(51(42)32-12-6-5-7-13-32)38-17-10-16-37-39-26-29(3)20-23-40(39)49-44(37)38/h5-28,49H,1-4H3/i3D3. The number of hydrogen-bond donors (Lipinski definition) is 1. The number of H-pyrrole nitrogens is 1. The van der Waals surface area contributed by atoms with E-state index < -0.39 is 6.85 Å². The average Bonchev–Trinajstić information content (AvgIpc) is 3.87. The van der Waals surface area contributed by atoms with Gasteiger partial charge >= 0.3 is 0 Å². The monoisotopic (exact) mass is 674 g/mol. The zero-order chi connectivity index (χ0) is 37.6. The van der Waals surface area contributed by atoms with E-state index in [1.54, 1.807) is 12.1 Å². The maximum atomic E-state index is 8.03. The van der Waals surface area contributed by atoms with Crippen LogP contribution in [0, 0.1) is 13.8 Å². The smallest absolute Gasteiger partial charge is 0.147 e. The van der Waals surface area contributed by atoms with Gasteiger partial charge in [0.25, 0.3) is 0 Å². The molecule has 10 aromatic rings. The maximum Gasteiger partial charge on any atom is 0.147 e. The maximum absolute atomic E-state index is 8.03. The molecule has 0 amide bonds. The molecule has 0 bridgehead atoms. The summed E-state index contributed by atoms with van der Waals surface area (Å²) in [7, 11) is 0. The molecule has 1 N–H and O–H groups in total. The first kappa shape index (κ1) is 27.3. The molecule has 4 aromatic heterocycles.